The Morgan fingerprint density at radius 2 is 2.04 bits per heavy atom. The Hall–Kier alpha value is -1.55. The molecule has 23 heavy (non-hydrogen) atoms. The first-order valence-electron chi connectivity index (χ1n) is 8.67. The van der Waals surface area contributed by atoms with Gasteiger partial charge >= 0.3 is 6.09 Å². The molecule has 1 aromatic carbocycles. The van der Waals surface area contributed by atoms with E-state index in [0.717, 1.165) is 45.3 Å². The van der Waals surface area contributed by atoms with Gasteiger partial charge in [-0.15, -0.1) is 0 Å². The first kappa shape index (κ1) is 17.8. The lowest BCUT2D eigenvalue weighted by molar-refractivity contribution is 0.0388. The Labute approximate surface area is 140 Å². The zero-order valence-corrected chi connectivity index (χ0v) is 14.7. The molecule has 0 unspecified atom stereocenters. The fraction of sp³-hybridized carbons (Fsp3) is 0.632. The molecule has 1 aliphatic rings. The minimum absolute atomic E-state index is 0.0165. The zero-order valence-electron chi connectivity index (χ0n) is 14.7. The molecule has 4 nitrogen and oxygen atoms in total. The van der Waals surface area contributed by atoms with E-state index >= 15 is 0 Å². The van der Waals surface area contributed by atoms with E-state index in [9.17, 15) is 4.79 Å². The van der Waals surface area contributed by atoms with Crippen LogP contribution in [0.3, 0.4) is 0 Å². The maximum atomic E-state index is 11.9. The Balaban J connectivity index is 1.70. The summed E-state index contributed by atoms with van der Waals surface area (Å²) in [4.78, 5) is 14.3. The molecular formula is C19H30N2O2. The average molecular weight is 318 g/mol. The van der Waals surface area contributed by atoms with Crippen molar-refractivity contribution in [3.8, 4) is 0 Å². The quantitative estimate of drug-likeness (QED) is 0.902. The van der Waals surface area contributed by atoms with Crippen molar-refractivity contribution in [3.63, 3.8) is 0 Å². The molecule has 1 amide bonds. The van der Waals surface area contributed by atoms with Crippen molar-refractivity contribution in [2.24, 2.45) is 0 Å². The van der Waals surface area contributed by atoms with Crippen molar-refractivity contribution in [2.75, 3.05) is 19.6 Å². The fourth-order valence-electron chi connectivity index (χ4n) is 2.95. The van der Waals surface area contributed by atoms with Crippen molar-refractivity contribution in [2.45, 2.75) is 58.1 Å². The summed E-state index contributed by atoms with van der Waals surface area (Å²) < 4.78 is 5.57. The standard InChI is InChI=1S/C19H30N2O2/c1-19(2,3)20-18(22)23-17-12-8-14-21(15-17)13-7-11-16-9-5-4-6-10-16/h4-6,9-10,17H,7-8,11-15H2,1-3H3,(H,20,22)/t17-/m1/s1. The summed E-state index contributed by atoms with van der Waals surface area (Å²) >= 11 is 0. The minimum atomic E-state index is -0.298. The van der Waals surface area contributed by atoms with E-state index in [2.05, 4.69) is 40.5 Å². The summed E-state index contributed by atoms with van der Waals surface area (Å²) in [6.07, 6.45) is 4.03. The number of aryl methyl sites for hydroxylation is 1. The number of benzene rings is 1. The van der Waals surface area contributed by atoms with Crippen molar-refractivity contribution in [3.05, 3.63) is 35.9 Å². The summed E-state index contributed by atoms with van der Waals surface area (Å²) in [5, 5.41) is 2.87. The molecular weight excluding hydrogens is 288 g/mol. The molecule has 1 N–H and O–H groups in total. The van der Waals surface area contributed by atoms with E-state index in [1.807, 2.05) is 20.8 Å². The van der Waals surface area contributed by atoms with Crippen LogP contribution in [0.2, 0.25) is 0 Å². The van der Waals surface area contributed by atoms with Crippen LogP contribution in [0.25, 0.3) is 0 Å². The van der Waals surface area contributed by atoms with Gasteiger partial charge in [-0.05, 0) is 65.1 Å². The molecule has 128 valence electrons. The van der Waals surface area contributed by atoms with Crippen LogP contribution in [-0.2, 0) is 11.2 Å². The van der Waals surface area contributed by atoms with Gasteiger partial charge in [-0.3, -0.25) is 4.90 Å². The number of amides is 1. The highest BCUT2D eigenvalue weighted by atomic mass is 16.6. The van der Waals surface area contributed by atoms with E-state index in [0.29, 0.717) is 0 Å². The van der Waals surface area contributed by atoms with Crippen LogP contribution in [0, 0.1) is 0 Å². The molecule has 2 rings (SSSR count). The van der Waals surface area contributed by atoms with Crippen molar-refractivity contribution >= 4 is 6.09 Å². The highest BCUT2D eigenvalue weighted by Gasteiger charge is 2.24. The lowest BCUT2D eigenvalue weighted by Gasteiger charge is -2.33. The van der Waals surface area contributed by atoms with E-state index < -0.39 is 0 Å². The number of hydrogen-bond donors (Lipinski definition) is 1. The summed E-state index contributed by atoms with van der Waals surface area (Å²) in [5.74, 6) is 0. The second-order valence-electron chi connectivity index (χ2n) is 7.43. The Morgan fingerprint density at radius 3 is 2.74 bits per heavy atom. The van der Waals surface area contributed by atoms with Gasteiger partial charge in [-0.25, -0.2) is 4.79 Å². The van der Waals surface area contributed by atoms with Gasteiger partial charge in [0.25, 0.3) is 0 Å². The molecule has 0 spiro atoms. The Bertz CT molecular complexity index is 482. The third-order valence-electron chi connectivity index (χ3n) is 4.00. The maximum Gasteiger partial charge on any atom is 0.407 e. The Kier molecular flexibility index (Phi) is 6.46. The van der Waals surface area contributed by atoms with E-state index in [4.69, 9.17) is 4.74 Å². The lowest BCUT2D eigenvalue weighted by atomic mass is 10.1. The number of carbonyl (C=O) groups is 1. The molecule has 0 radical (unpaired) electrons. The molecule has 1 aromatic rings. The van der Waals surface area contributed by atoms with Gasteiger partial charge in [0.05, 0.1) is 0 Å². The number of nitrogens with one attached hydrogen (secondary N) is 1. The molecule has 1 aliphatic heterocycles. The van der Waals surface area contributed by atoms with Gasteiger partial charge in [-0.2, -0.15) is 0 Å². The average Bonchev–Trinajstić information content (AvgIpc) is 2.46. The van der Waals surface area contributed by atoms with Crippen molar-refractivity contribution in [1.82, 2.24) is 10.2 Å². The van der Waals surface area contributed by atoms with Crippen LogP contribution in [0.5, 0.6) is 0 Å². The summed E-state index contributed by atoms with van der Waals surface area (Å²) in [6, 6.07) is 10.6. The number of piperidine rings is 1. The SMILES string of the molecule is CC(C)(C)NC(=O)O[C@@H]1CCCN(CCCc2ccccc2)C1. The van der Waals surface area contributed by atoms with Crippen LogP contribution in [0.1, 0.15) is 45.6 Å². The molecule has 1 heterocycles. The van der Waals surface area contributed by atoms with E-state index in [1.54, 1.807) is 0 Å². The number of likely N-dealkylation sites (tertiary alicyclic amines) is 1. The number of hydrogen-bond acceptors (Lipinski definition) is 3. The van der Waals surface area contributed by atoms with Crippen molar-refractivity contribution < 1.29 is 9.53 Å². The molecule has 4 heteroatoms. The largest absolute Gasteiger partial charge is 0.445 e. The molecule has 1 saturated heterocycles. The molecule has 1 atom stereocenters. The molecule has 0 bridgehead atoms. The fourth-order valence-corrected chi connectivity index (χ4v) is 2.95. The number of nitrogens with zero attached hydrogens (tertiary/aromatic N) is 1. The van der Waals surface area contributed by atoms with Gasteiger partial charge in [0.1, 0.15) is 6.10 Å². The van der Waals surface area contributed by atoms with Gasteiger partial charge in [0.2, 0.25) is 0 Å². The van der Waals surface area contributed by atoms with Gasteiger partial charge in [0, 0.05) is 12.1 Å². The lowest BCUT2D eigenvalue weighted by Crippen LogP contribution is -2.46. The van der Waals surface area contributed by atoms with Gasteiger partial charge in [-0.1, -0.05) is 30.3 Å². The van der Waals surface area contributed by atoms with Crippen LogP contribution < -0.4 is 5.32 Å². The van der Waals surface area contributed by atoms with Crippen LogP contribution in [0.15, 0.2) is 30.3 Å². The number of carbonyl (C=O) groups excluding carboxylic acids is 1. The molecule has 0 aliphatic carbocycles. The summed E-state index contributed by atoms with van der Waals surface area (Å²) in [7, 11) is 0. The smallest absolute Gasteiger partial charge is 0.407 e. The van der Waals surface area contributed by atoms with E-state index in [1.165, 1.54) is 5.56 Å². The predicted octanol–water partition coefficient (Wildman–Crippen LogP) is 3.61. The van der Waals surface area contributed by atoms with Crippen LogP contribution >= 0.6 is 0 Å². The second-order valence-corrected chi connectivity index (χ2v) is 7.43. The topological polar surface area (TPSA) is 41.6 Å². The van der Waals surface area contributed by atoms with E-state index in [-0.39, 0.29) is 17.7 Å². The summed E-state index contributed by atoms with van der Waals surface area (Å²) in [6.45, 7) is 8.92. The van der Waals surface area contributed by atoms with Crippen LogP contribution in [-0.4, -0.2) is 42.3 Å². The van der Waals surface area contributed by atoms with Crippen LogP contribution in [0.4, 0.5) is 4.79 Å². The number of alkyl carbamates (subject to hydrolysis) is 1. The van der Waals surface area contributed by atoms with Gasteiger partial charge in [0.15, 0.2) is 0 Å². The number of rotatable bonds is 5. The normalized spacial score (nSPS) is 19.3. The molecule has 0 aromatic heterocycles. The predicted molar refractivity (Wildman–Crippen MR) is 93.6 cm³/mol. The first-order chi connectivity index (χ1) is 10.9. The highest BCUT2D eigenvalue weighted by molar-refractivity contribution is 5.68. The maximum absolute atomic E-state index is 11.9. The first-order valence-corrected chi connectivity index (χ1v) is 8.67. The Morgan fingerprint density at radius 1 is 1.30 bits per heavy atom. The monoisotopic (exact) mass is 318 g/mol. The number of ether oxygens (including phenoxy) is 1. The van der Waals surface area contributed by atoms with Crippen molar-refractivity contribution in [1.29, 1.82) is 0 Å². The second kappa shape index (κ2) is 8.34. The van der Waals surface area contributed by atoms with Gasteiger partial charge < -0.3 is 10.1 Å². The third kappa shape index (κ3) is 7.04. The minimum Gasteiger partial charge on any atom is -0.445 e. The zero-order chi connectivity index (χ0) is 16.7. The summed E-state index contributed by atoms with van der Waals surface area (Å²) in [5.41, 5.74) is 1.14. The highest BCUT2D eigenvalue weighted by Crippen LogP contribution is 2.15. The molecule has 1 fully saturated rings. The molecule has 0 saturated carbocycles. The third-order valence-corrected chi connectivity index (χ3v) is 4.00.